The molecule has 1 aliphatic rings. The Balaban J connectivity index is 1.95. The second kappa shape index (κ2) is 6.27. The summed E-state index contributed by atoms with van der Waals surface area (Å²) in [6, 6.07) is 20.1. The van der Waals surface area contributed by atoms with Crippen LogP contribution in [0.5, 0.6) is 0 Å². The molecule has 0 bridgehead atoms. The van der Waals surface area contributed by atoms with Crippen LogP contribution in [0.25, 0.3) is 0 Å². The molecule has 0 radical (unpaired) electrons. The highest BCUT2D eigenvalue weighted by Crippen LogP contribution is 2.33. The number of hydrogen-bond acceptors (Lipinski definition) is 1. The van der Waals surface area contributed by atoms with E-state index in [1.807, 2.05) is 48.5 Å². The summed E-state index contributed by atoms with van der Waals surface area (Å²) in [5.41, 5.74) is 2.03. The lowest BCUT2D eigenvalue weighted by Crippen LogP contribution is -2.24. The van der Waals surface area contributed by atoms with E-state index < -0.39 is 0 Å². The molecule has 20 heavy (non-hydrogen) atoms. The number of carbonyl (C=O) groups is 1. The summed E-state index contributed by atoms with van der Waals surface area (Å²) >= 11 is 0. The first-order chi connectivity index (χ1) is 9.86. The van der Waals surface area contributed by atoms with Crippen molar-refractivity contribution in [2.45, 2.75) is 18.1 Å². The molecule has 1 nitrogen and oxygen atoms in total. The topological polar surface area (TPSA) is 17.1 Å². The molecule has 1 unspecified atom stereocenters. The highest BCUT2D eigenvalue weighted by Gasteiger charge is 2.40. The first-order valence-corrected chi connectivity index (χ1v) is 8.79. The Morgan fingerprint density at radius 2 is 1.40 bits per heavy atom. The Bertz CT molecular complexity index is 558. The zero-order valence-electron chi connectivity index (χ0n) is 11.5. The van der Waals surface area contributed by atoms with Gasteiger partial charge in [-0.05, 0) is 12.8 Å². The normalized spacial score (nSPS) is 17.0. The van der Waals surface area contributed by atoms with Crippen LogP contribution in [-0.2, 0) is 10.9 Å². The molecule has 1 atom stereocenters. The van der Waals surface area contributed by atoms with E-state index in [2.05, 4.69) is 12.1 Å². The Hall–Kier alpha value is -1.54. The fourth-order valence-corrected chi connectivity index (χ4v) is 5.60. The third kappa shape index (κ3) is 2.80. The van der Waals surface area contributed by atoms with Crippen LogP contribution in [0.4, 0.5) is 0 Å². The van der Waals surface area contributed by atoms with Gasteiger partial charge < -0.3 is 0 Å². The van der Waals surface area contributed by atoms with E-state index in [1.54, 1.807) is 0 Å². The van der Waals surface area contributed by atoms with Crippen LogP contribution in [0.3, 0.4) is 0 Å². The lowest BCUT2D eigenvalue weighted by atomic mass is 10.0. The molecule has 2 heteroatoms. The van der Waals surface area contributed by atoms with Gasteiger partial charge >= 0.3 is 0 Å². The average molecular weight is 283 g/mol. The second-order valence-electron chi connectivity index (χ2n) is 5.17. The molecule has 1 heterocycles. The van der Waals surface area contributed by atoms with Gasteiger partial charge in [-0.1, -0.05) is 60.7 Å². The van der Waals surface area contributed by atoms with Gasteiger partial charge in [0, 0.05) is 22.0 Å². The Kier molecular flexibility index (Phi) is 4.22. The summed E-state index contributed by atoms with van der Waals surface area (Å²) in [5.74, 6) is 2.71. The summed E-state index contributed by atoms with van der Waals surface area (Å²) in [7, 11) is 0.204. The van der Waals surface area contributed by atoms with Gasteiger partial charge in [0.1, 0.15) is 11.5 Å². The van der Waals surface area contributed by atoms with Crippen molar-refractivity contribution in [3.8, 4) is 0 Å². The van der Waals surface area contributed by atoms with Gasteiger partial charge in [-0.3, -0.25) is 4.79 Å². The molecule has 0 amide bonds. The molecular weight excluding hydrogens is 264 g/mol. The molecule has 2 aromatic carbocycles. The van der Waals surface area contributed by atoms with Crippen LogP contribution in [0.2, 0.25) is 0 Å². The molecule has 0 spiro atoms. The third-order valence-corrected chi connectivity index (χ3v) is 6.57. The highest BCUT2D eigenvalue weighted by molar-refractivity contribution is 7.98. The van der Waals surface area contributed by atoms with E-state index in [9.17, 15) is 4.79 Å². The summed E-state index contributed by atoms with van der Waals surface area (Å²) in [6.07, 6.45) is 2.54. The molecule has 3 rings (SSSR count). The van der Waals surface area contributed by atoms with Crippen molar-refractivity contribution >= 4 is 16.7 Å². The van der Waals surface area contributed by atoms with Crippen molar-refractivity contribution < 1.29 is 4.79 Å². The fourth-order valence-electron chi connectivity index (χ4n) is 2.79. The Morgan fingerprint density at radius 3 is 2.00 bits per heavy atom. The largest absolute Gasteiger partial charge is 0.288 e. The van der Waals surface area contributed by atoms with Gasteiger partial charge in [0.2, 0.25) is 11.0 Å². The lowest BCUT2D eigenvalue weighted by Gasteiger charge is -2.15. The fraction of sp³-hybridized carbons (Fsp3) is 0.278. The van der Waals surface area contributed by atoms with E-state index in [0.29, 0.717) is 5.78 Å². The Labute approximate surface area is 123 Å². The molecule has 1 saturated heterocycles. The first kappa shape index (κ1) is 13.4. The van der Waals surface area contributed by atoms with Gasteiger partial charge in [0.15, 0.2) is 0 Å². The van der Waals surface area contributed by atoms with E-state index in [0.717, 1.165) is 5.56 Å². The van der Waals surface area contributed by atoms with Crippen LogP contribution >= 0.6 is 0 Å². The predicted molar refractivity (Wildman–Crippen MR) is 86.3 cm³/mol. The second-order valence-corrected chi connectivity index (χ2v) is 7.54. The molecule has 0 N–H and O–H groups in total. The molecule has 102 valence electrons. The molecular formula is C18H19OS+. The van der Waals surface area contributed by atoms with Gasteiger partial charge in [-0.25, -0.2) is 0 Å². The molecule has 0 aromatic heterocycles. The van der Waals surface area contributed by atoms with Crippen molar-refractivity contribution in [1.82, 2.24) is 0 Å². The summed E-state index contributed by atoms with van der Waals surface area (Å²) in [4.78, 5) is 12.9. The van der Waals surface area contributed by atoms with Gasteiger partial charge in [-0.2, -0.15) is 0 Å². The minimum atomic E-state index is 0.0566. The van der Waals surface area contributed by atoms with Crippen LogP contribution < -0.4 is 0 Å². The van der Waals surface area contributed by atoms with Crippen molar-refractivity contribution in [2.24, 2.45) is 0 Å². The number of Topliss-reactive ketones (excluding diaryl/α,β-unsaturated/α-hetero) is 1. The summed E-state index contributed by atoms with van der Waals surface area (Å²) in [6.45, 7) is 0. The van der Waals surface area contributed by atoms with Gasteiger partial charge in [0.25, 0.3) is 0 Å². The standard InChI is InChI=1S/C18H19OS/c19-17(15-9-3-1-4-10-15)18(20-13-7-8-14-20)16-11-5-2-6-12-16/h1-6,9-12,18H,7-8,13-14H2/q+1. The lowest BCUT2D eigenvalue weighted by molar-refractivity contribution is 0.0988. The minimum absolute atomic E-state index is 0.0566. The zero-order chi connectivity index (χ0) is 13.8. The number of hydrogen-bond donors (Lipinski definition) is 0. The summed E-state index contributed by atoms with van der Waals surface area (Å²) < 4.78 is 0. The average Bonchev–Trinajstić information content (AvgIpc) is 3.03. The Morgan fingerprint density at radius 1 is 0.850 bits per heavy atom. The maximum atomic E-state index is 12.9. The SMILES string of the molecule is O=C(c1ccccc1)C(c1ccccc1)[S+]1CCCC1. The van der Waals surface area contributed by atoms with Gasteiger partial charge in [0.05, 0.1) is 0 Å². The van der Waals surface area contributed by atoms with Crippen molar-refractivity contribution in [3.05, 3.63) is 71.8 Å². The smallest absolute Gasteiger partial charge is 0.219 e. The maximum absolute atomic E-state index is 12.9. The van der Waals surface area contributed by atoms with Gasteiger partial charge in [-0.15, -0.1) is 0 Å². The zero-order valence-corrected chi connectivity index (χ0v) is 12.3. The monoisotopic (exact) mass is 283 g/mol. The van der Waals surface area contributed by atoms with Crippen molar-refractivity contribution in [1.29, 1.82) is 0 Å². The van der Waals surface area contributed by atoms with Crippen LogP contribution in [0, 0.1) is 0 Å². The molecule has 2 aromatic rings. The quantitative estimate of drug-likeness (QED) is 0.612. The number of carbonyl (C=O) groups excluding carboxylic acids is 1. The van der Waals surface area contributed by atoms with Crippen LogP contribution in [0.15, 0.2) is 60.7 Å². The molecule has 1 aliphatic heterocycles. The maximum Gasteiger partial charge on any atom is 0.219 e. The van der Waals surface area contributed by atoms with E-state index in [-0.39, 0.29) is 16.1 Å². The van der Waals surface area contributed by atoms with E-state index in [1.165, 1.54) is 29.9 Å². The summed E-state index contributed by atoms with van der Waals surface area (Å²) in [5, 5.41) is 0.0566. The number of ketones is 1. The number of rotatable bonds is 4. The molecule has 0 aliphatic carbocycles. The molecule has 1 fully saturated rings. The molecule has 0 saturated carbocycles. The minimum Gasteiger partial charge on any atom is -0.288 e. The highest BCUT2D eigenvalue weighted by atomic mass is 32.2. The van der Waals surface area contributed by atoms with Crippen LogP contribution in [-0.4, -0.2) is 17.3 Å². The van der Waals surface area contributed by atoms with E-state index in [4.69, 9.17) is 0 Å². The number of benzene rings is 2. The van der Waals surface area contributed by atoms with Crippen LogP contribution in [0.1, 0.15) is 34.0 Å². The first-order valence-electron chi connectivity index (χ1n) is 7.17. The van der Waals surface area contributed by atoms with E-state index >= 15 is 0 Å². The van der Waals surface area contributed by atoms with Crippen molar-refractivity contribution in [2.75, 3.05) is 11.5 Å². The predicted octanol–water partition coefficient (Wildman–Crippen LogP) is 4.02. The van der Waals surface area contributed by atoms with Crippen molar-refractivity contribution in [3.63, 3.8) is 0 Å². The third-order valence-electron chi connectivity index (χ3n) is 3.80.